The van der Waals surface area contributed by atoms with Crippen molar-refractivity contribution in [3.8, 4) is 11.3 Å². The number of amides is 1. The second kappa shape index (κ2) is 9.43. The van der Waals surface area contributed by atoms with Crippen molar-refractivity contribution in [2.24, 2.45) is 0 Å². The Hall–Kier alpha value is -2.05. The van der Waals surface area contributed by atoms with E-state index in [2.05, 4.69) is 22.7 Å². The fourth-order valence-electron chi connectivity index (χ4n) is 3.66. The van der Waals surface area contributed by atoms with Gasteiger partial charge in [0.1, 0.15) is 5.56 Å². The standard InChI is InChI=1S/C21H28ClN3O3/c1-21(11-5-3-4-6-12-21)24-20(26)17-18(15-7-9-16(22)10-8-15)28-25-19(17)23-13-14-27-2/h7-10H,3-6,11-14H2,1-2H3,(H,23,25)(H,24,26). The number of carbonyl (C=O) groups excluding carboxylic acids is 1. The van der Waals surface area contributed by atoms with E-state index in [0.29, 0.717) is 35.3 Å². The van der Waals surface area contributed by atoms with Crippen molar-refractivity contribution in [1.82, 2.24) is 10.5 Å². The summed E-state index contributed by atoms with van der Waals surface area (Å²) in [5.41, 5.74) is 0.961. The third-order valence-corrected chi connectivity index (χ3v) is 5.50. The van der Waals surface area contributed by atoms with E-state index in [1.807, 2.05) is 12.1 Å². The number of nitrogens with zero attached hydrogens (tertiary/aromatic N) is 1. The summed E-state index contributed by atoms with van der Waals surface area (Å²) in [5, 5.41) is 11.1. The molecule has 1 aliphatic carbocycles. The molecular formula is C21H28ClN3O3. The molecule has 6 nitrogen and oxygen atoms in total. The van der Waals surface area contributed by atoms with E-state index in [-0.39, 0.29) is 11.4 Å². The number of benzene rings is 1. The highest BCUT2D eigenvalue weighted by Crippen LogP contribution is 2.32. The third kappa shape index (κ3) is 5.06. The van der Waals surface area contributed by atoms with Crippen LogP contribution in [0.2, 0.25) is 5.02 Å². The molecule has 0 radical (unpaired) electrons. The van der Waals surface area contributed by atoms with Crippen LogP contribution in [0, 0.1) is 0 Å². The van der Waals surface area contributed by atoms with Crippen LogP contribution in [-0.2, 0) is 4.74 Å². The first kappa shape index (κ1) is 20.7. The number of carbonyl (C=O) groups is 1. The summed E-state index contributed by atoms with van der Waals surface area (Å²) < 4.78 is 10.6. The number of hydrogen-bond donors (Lipinski definition) is 2. The van der Waals surface area contributed by atoms with E-state index in [9.17, 15) is 4.79 Å². The maximum absolute atomic E-state index is 13.3. The molecule has 1 amide bonds. The predicted molar refractivity (Wildman–Crippen MR) is 111 cm³/mol. The Morgan fingerprint density at radius 1 is 1.21 bits per heavy atom. The SMILES string of the molecule is COCCNc1noc(-c2ccc(Cl)cc2)c1C(=O)NC1(C)CCCCCC1. The fraction of sp³-hybridized carbons (Fsp3) is 0.524. The molecule has 2 aromatic rings. The zero-order valence-electron chi connectivity index (χ0n) is 16.5. The molecule has 1 aromatic carbocycles. The Morgan fingerprint density at radius 3 is 2.54 bits per heavy atom. The van der Waals surface area contributed by atoms with Crippen LogP contribution in [0.25, 0.3) is 11.3 Å². The molecule has 1 aliphatic rings. The first-order chi connectivity index (χ1) is 13.5. The molecule has 0 atom stereocenters. The molecule has 2 N–H and O–H groups in total. The van der Waals surface area contributed by atoms with Crippen molar-refractivity contribution in [1.29, 1.82) is 0 Å². The maximum atomic E-state index is 13.3. The maximum Gasteiger partial charge on any atom is 0.259 e. The van der Waals surface area contributed by atoms with E-state index in [0.717, 1.165) is 31.2 Å². The van der Waals surface area contributed by atoms with Crippen molar-refractivity contribution in [3.05, 3.63) is 34.9 Å². The van der Waals surface area contributed by atoms with Gasteiger partial charge in [0.15, 0.2) is 11.6 Å². The van der Waals surface area contributed by atoms with Gasteiger partial charge in [0, 0.05) is 29.8 Å². The molecule has 0 bridgehead atoms. The molecule has 7 heteroatoms. The van der Waals surface area contributed by atoms with Crippen LogP contribution in [0.5, 0.6) is 0 Å². The Morgan fingerprint density at radius 2 is 1.89 bits per heavy atom. The minimum absolute atomic E-state index is 0.171. The van der Waals surface area contributed by atoms with E-state index in [1.54, 1.807) is 19.2 Å². The average molecular weight is 406 g/mol. The van der Waals surface area contributed by atoms with Gasteiger partial charge in [-0.1, -0.05) is 42.4 Å². The molecule has 0 unspecified atom stereocenters. The van der Waals surface area contributed by atoms with Gasteiger partial charge in [0.25, 0.3) is 5.91 Å². The van der Waals surface area contributed by atoms with Crippen molar-refractivity contribution < 1.29 is 14.1 Å². The molecule has 1 saturated carbocycles. The van der Waals surface area contributed by atoms with Gasteiger partial charge in [-0.3, -0.25) is 4.79 Å². The van der Waals surface area contributed by atoms with Crippen LogP contribution in [0.4, 0.5) is 5.82 Å². The van der Waals surface area contributed by atoms with Gasteiger partial charge in [0.05, 0.1) is 6.61 Å². The minimum Gasteiger partial charge on any atom is -0.383 e. The van der Waals surface area contributed by atoms with Gasteiger partial charge in [0.2, 0.25) is 0 Å². The normalized spacial score (nSPS) is 16.4. The van der Waals surface area contributed by atoms with Crippen molar-refractivity contribution >= 4 is 23.3 Å². The second-order valence-corrected chi connectivity index (χ2v) is 8.03. The first-order valence-corrected chi connectivity index (χ1v) is 10.2. The minimum atomic E-state index is -0.216. The van der Waals surface area contributed by atoms with Gasteiger partial charge >= 0.3 is 0 Å². The number of methoxy groups -OCH3 is 1. The number of hydrogen-bond acceptors (Lipinski definition) is 5. The largest absolute Gasteiger partial charge is 0.383 e. The molecule has 152 valence electrons. The first-order valence-electron chi connectivity index (χ1n) is 9.83. The number of rotatable bonds is 7. The molecule has 28 heavy (non-hydrogen) atoms. The summed E-state index contributed by atoms with van der Waals surface area (Å²) in [6.07, 6.45) is 6.66. The number of halogens is 1. The van der Waals surface area contributed by atoms with Crippen LogP contribution in [0.1, 0.15) is 55.8 Å². The topological polar surface area (TPSA) is 76.4 Å². The predicted octanol–water partition coefficient (Wildman–Crippen LogP) is 4.90. The van der Waals surface area contributed by atoms with Gasteiger partial charge < -0.3 is 19.9 Å². The molecular weight excluding hydrogens is 378 g/mol. The van der Waals surface area contributed by atoms with E-state index in [1.165, 1.54) is 12.8 Å². The molecule has 0 saturated heterocycles. The van der Waals surface area contributed by atoms with E-state index >= 15 is 0 Å². The highest BCUT2D eigenvalue weighted by Gasteiger charge is 2.31. The molecule has 1 heterocycles. The van der Waals surface area contributed by atoms with Crippen LogP contribution in [0.15, 0.2) is 28.8 Å². The van der Waals surface area contributed by atoms with Gasteiger partial charge in [-0.05, 0) is 44.0 Å². The van der Waals surface area contributed by atoms with Crippen LogP contribution in [0.3, 0.4) is 0 Å². The monoisotopic (exact) mass is 405 g/mol. The highest BCUT2D eigenvalue weighted by molar-refractivity contribution is 6.30. The summed E-state index contributed by atoms with van der Waals surface area (Å²) in [6, 6.07) is 7.19. The van der Waals surface area contributed by atoms with Gasteiger partial charge in [-0.25, -0.2) is 0 Å². The Balaban J connectivity index is 1.89. The summed E-state index contributed by atoms with van der Waals surface area (Å²) in [7, 11) is 1.63. The lowest BCUT2D eigenvalue weighted by Gasteiger charge is -2.29. The summed E-state index contributed by atoms with van der Waals surface area (Å²) in [5.74, 6) is 0.693. The number of nitrogens with one attached hydrogen (secondary N) is 2. The van der Waals surface area contributed by atoms with Crippen LogP contribution in [-0.4, -0.2) is 36.9 Å². The zero-order valence-corrected chi connectivity index (χ0v) is 17.3. The van der Waals surface area contributed by atoms with Crippen LogP contribution >= 0.6 is 11.6 Å². The van der Waals surface area contributed by atoms with Crippen LogP contribution < -0.4 is 10.6 Å². The molecule has 0 aliphatic heterocycles. The molecule has 1 fully saturated rings. The Labute approximate surface area is 171 Å². The summed E-state index contributed by atoms with van der Waals surface area (Å²) in [6.45, 7) is 3.16. The quantitative estimate of drug-likeness (QED) is 0.506. The van der Waals surface area contributed by atoms with Crippen molar-refractivity contribution in [2.45, 2.75) is 51.0 Å². The van der Waals surface area contributed by atoms with E-state index in [4.69, 9.17) is 20.9 Å². The molecule has 1 aromatic heterocycles. The lowest BCUT2D eigenvalue weighted by Crippen LogP contribution is -2.45. The molecule has 3 rings (SSSR count). The van der Waals surface area contributed by atoms with Crippen molar-refractivity contribution in [3.63, 3.8) is 0 Å². The highest BCUT2D eigenvalue weighted by atomic mass is 35.5. The van der Waals surface area contributed by atoms with Gasteiger partial charge in [-0.2, -0.15) is 0 Å². The number of aromatic nitrogens is 1. The fourth-order valence-corrected chi connectivity index (χ4v) is 3.79. The Bertz CT molecular complexity index is 781. The second-order valence-electron chi connectivity index (χ2n) is 7.59. The smallest absolute Gasteiger partial charge is 0.259 e. The summed E-state index contributed by atoms with van der Waals surface area (Å²) >= 11 is 6.00. The third-order valence-electron chi connectivity index (χ3n) is 5.25. The van der Waals surface area contributed by atoms with Crippen molar-refractivity contribution in [2.75, 3.05) is 25.6 Å². The van der Waals surface area contributed by atoms with E-state index < -0.39 is 0 Å². The lowest BCUT2D eigenvalue weighted by atomic mass is 9.92. The molecule has 0 spiro atoms. The number of ether oxygens (including phenoxy) is 1. The Kier molecular flexibility index (Phi) is 6.97. The zero-order chi connectivity index (χ0) is 20.0. The average Bonchev–Trinajstić information content (AvgIpc) is 2.98. The van der Waals surface area contributed by atoms with Gasteiger partial charge in [-0.15, -0.1) is 0 Å². The summed E-state index contributed by atoms with van der Waals surface area (Å²) in [4.78, 5) is 13.3. The lowest BCUT2D eigenvalue weighted by molar-refractivity contribution is 0.0898. The number of anilines is 1.